The van der Waals surface area contributed by atoms with Crippen LogP contribution in [-0.4, -0.2) is 23.1 Å². The normalized spacial score (nSPS) is 18.5. The average molecular weight is 283 g/mol. The first-order valence-corrected chi connectivity index (χ1v) is 8.04. The highest BCUT2D eigenvalue weighted by atomic mass is 14.9. The Morgan fingerprint density at radius 2 is 2.05 bits per heavy atom. The van der Waals surface area contributed by atoms with Gasteiger partial charge >= 0.3 is 0 Å². The lowest BCUT2D eigenvalue weighted by molar-refractivity contribution is 0.565. The van der Waals surface area contributed by atoms with Gasteiger partial charge in [0.05, 0.1) is 11.9 Å². The van der Waals surface area contributed by atoms with Crippen LogP contribution in [0.25, 0.3) is 11.3 Å². The predicted octanol–water partition coefficient (Wildman–Crippen LogP) is 3.43. The number of nitrogens with zero attached hydrogens (tertiary/aromatic N) is 1. The van der Waals surface area contributed by atoms with E-state index in [2.05, 4.69) is 53.4 Å². The smallest absolute Gasteiger partial charge is 0.106 e. The van der Waals surface area contributed by atoms with Crippen LogP contribution in [0.2, 0.25) is 0 Å². The minimum absolute atomic E-state index is 0.703. The Labute approximate surface area is 127 Å². The Balaban J connectivity index is 1.67. The molecule has 1 aromatic carbocycles. The van der Waals surface area contributed by atoms with E-state index >= 15 is 0 Å². The molecule has 1 unspecified atom stereocenters. The van der Waals surface area contributed by atoms with Crippen molar-refractivity contribution in [3.63, 3.8) is 0 Å². The lowest BCUT2D eigenvalue weighted by atomic mass is 10.0. The van der Waals surface area contributed by atoms with Crippen LogP contribution in [0.15, 0.2) is 30.5 Å². The van der Waals surface area contributed by atoms with Crippen molar-refractivity contribution in [3.05, 3.63) is 41.9 Å². The number of hydrogen-bond donors (Lipinski definition) is 2. The van der Waals surface area contributed by atoms with Crippen molar-refractivity contribution in [2.24, 2.45) is 11.8 Å². The summed E-state index contributed by atoms with van der Waals surface area (Å²) in [7, 11) is 0. The van der Waals surface area contributed by atoms with Crippen LogP contribution in [0.1, 0.15) is 31.7 Å². The van der Waals surface area contributed by atoms with Crippen LogP contribution < -0.4 is 5.32 Å². The van der Waals surface area contributed by atoms with Crippen molar-refractivity contribution in [2.75, 3.05) is 13.1 Å². The first-order chi connectivity index (χ1) is 10.2. The molecule has 1 aromatic heterocycles. The molecule has 0 amide bonds. The third-order valence-electron chi connectivity index (χ3n) is 4.18. The number of imidazole rings is 1. The van der Waals surface area contributed by atoms with Crippen molar-refractivity contribution < 1.29 is 0 Å². The van der Waals surface area contributed by atoms with Gasteiger partial charge < -0.3 is 10.3 Å². The summed E-state index contributed by atoms with van der Waals surface area (Å²) in [4.78, 5) is 8.02. The maximum absolute atomic E-state index is 4.54. The van der Waals surface area contributed by atoms with Crippen molar-refractivity contribution in [1.82, 2.24) is 15.3 Å². The molecule has 1 atom stereocenters. The summed E-state index contributed by atoms with van der Waals surface area (Å²) in [6.45, 7) is 6.79. The summed E-state index contributed by atoms with van der Waals surface area (Å²) in [5.41, 5.74) is 3.77. The van der Waals surface area contributed by atoms with E-state index in [0.717, 1.165) is 43.4 Å². The van der Waals surface area contributed by atoms with E-state index in [4.69, 9.17) is 0 Å². The summed E-state index contributed by atoms with van der Waals surface area (Å²) in [5, 5.41) is 3.41. The van der Waals surface area contributed by atoms with Gasteiger partial charge in [0, 0.05) is 6.42 Å². The SMILES string of the molecule is CC(C)Cc1ccc(-c2cnc(CC3CCNC3)[nH]2)cc1. The zero-order valence-corrected chi connectivity index (χ0v) is 13.0. The minimum Gasteiger partial charge on any atom is -0.342 e. The molecule has 0 radical (unpaired) electrons. The number of aromatic amines is 1. The molecule has 2 heterocycles. The molecular weight excluding hydrogens is 258 g/mol. The van der Waals surface area contributed by atoms with Gasteiger partial charge in [0.1, 0.15) is 5.82 Å². The number of aromatic nitrogens is 2. The van der Waals surface area contributed by atoms with Crippen molar-refractivity contribution >= 4 is 0 Å². The molecule has 1 saturated heterocycles. The molecule has 112 valence electrons. The van der Waals surface area contributed by atoms with Gasteiger partial charge in [-0.05, 0) is 48.9 Å². The number of benzene rings is 1. The van der Waals surface area contributed by atoms with Crippen molar-refractivity contribution in [2.45, 2.75) is 33.1 Å². The molecule has 2 N–H and O–H groups in total. The number of nitrogens with one attached hydrogen (secondary N) is 2. The Bertz CT molecular complexity index is 562. The summed E-state index contributed by atoms with van der Waals surface area (Å²) in [6, 6.07) is 8.87. The molecule has 1 fully saturated rings. The second-order valence-corrected chi connectivity index (χ2v) is 6.60. The van der Waals surface area contributed by atoms with E-state index < -0.39 is 0 Å². The lowest BCUT2D eigenvalue weighted by Crippen LogP contribution is -2.11. The van der Waals surface area contributed by atoms with Crippen molar-refractivity contribution in [3.8, 4) is 11.3 Å². The van der Waals surface area contributed by atoms with Crippen molar-refractivity contribution in [1.29, 1.82) is 0 Å². The van der Waals surface area contributed by atoms with Crippen LogP contribution in [0.4, 0.5) is 0 Å². The molecule has 0 spiro atoms. The van der Waals surface area contributed by atoms with Gasteiger partial charge in [0.25, 0.3) is 0 Å². The fourth-order valence-corrected chi connectivity index (χ4v) is 3.07. The lowest BCUT2D eigenvalue weighted by Gasteiger charge is -2.06. The molecule has 21 heavy (non-hydrogen) atoms. The van der Waals surface area contributed by atoms with Gasteiger partial charge in [-0.25, -0.2) is 4.98 Å². The standard InChI is InChI=1S/C18H25N3/c1-13(2)9-14-3-5-16(6-4-14)17-12-20-18(21-17)10-15-7-8-19-11-15/h3-6,12-13,15,19H,7-11H2,1-2H3,(H,20,21). The second-order valence-electron chi connectivity index (χ2n) is 6.60. The van der Waals surface area contributed by atoms with Gasteiger partial charge in [-0.3, -0.25) is 0 Å². The van der Waals surface area contributed by atoms with E-state index in [0.29, 0.717) is 5.92 Å². The first-order valence-electron chi connectivity index (χ1n) is 8.04. The number of hydrogen-bond acceptors (Lipinski definition) is 2. The minimum atomic E-state index is 0.703. The van der Waals surface area contributed by atoms with Crippen LogP contribution in [-0.2, 0) is 12.8 Å². The van der Waals surface area contributed by atoms with E-state index in [1.807, 2.05) is 6.20 Å². The van der Waals surface area contributed by atoms with E-state index in [1.54, 1.807) is 0 Å². The Hall–Kier alpha value is -1.61. The molecule has 1 aliphatic heterocycles. The molecule has 3 nitrogen and oxygen atoms in total. The van der Waals surface area contributed by atoms with Crippen LogP contribution >= 0.6 is 0 Å². The maximum Gasteiger partial charge on any atom is 0.106 e. The van der Waals surface area contributed by atoms with E-state index in [9.17, 15) is 0 Å². The zero-order valence-electron chi connectivity index (χ0n) is 13.0. The topological polar surface area (TPSA) is 40.7 Å². The van der Waals surface area contributed by atoms with Gasteiger partial charge in [0.2, 0.25) is 0 Å². The van der Waals surface area contributed by atoms with Gasteiger partial charge in [-0.1, -0.05) is 38.1 Å². The Morgan fingerprint density at radius 3 is 2.71 bits per heavy atom. The molecule has 0 saturated carbocycles. The first kappa shape index (κ1) is 14.3. The predicted molar refractivity (Wildman–Crippen MR) is 87.2 cm³/mol. The van der Waals surface area contributed by atoms with E-state index in [-0.39, 0.29) is 0 Å². The van der Waals surface area contributed by atoms with Crippen LogP contribution in [0.3, 0.4) is 0 Å². The molecular formula is C18H25N3. The summed E-state index contributed by atoms with van der Waals surface area (Å²) in [6.07, 6.45) is 5.43. The van der Waals surface area contributed by atoms with Crippen LogP contribution in [0.5, 0.6) is 0 Å². The Morgan fingerprint density at radius 1 is 1.24 bits per heavy atom. The molecule has 0 bridgehead atoms. The number of H-pyrrole nitrogens is 1. The van der Waals surface area contributed by atoms with Gasteiger partial charge in [-0.15, -0.1) is 0 Å². The summed E-state index contributed by atoms with van der Waals surface area (Å²) >= 11 is 0. The molecule has 3 rings (SSSR count). The van der Waals surface area contributed by atoms with Gasteiger partial charge in [-0.2, -0.15) is 0 Å². The van der Waals surface area contributed by atoms with Crippen LogP contribution in [0, 0.1) is 11.8 Å². The third kappa shape index (κ3) is 3.73. The quantitative estimate of drug-likeness (QED) is 0.882. The molecule has 2 aromatic rings. The number of rotatable bonds is 5. The maximum atomic E-state index is 4.54. The highest BCUT2D eigenvalue weighted by Gasteiger charge is 2.16. The average Bonchev–Trinajstić information content (AvgIpc) is 3.11. The zero-order chi connectivity index (χ0) is 14.7. The molecule has 0 aliphatic carbocycles. The van der Waals surface area contributed by atoms with Gasteiger partial charge in [0.15, 0.2) is 0 Å². The van der Waals surface area contributed by atoms with E-state index in [1.165, 1.54) is 17.5 Å². The highest BCUT2D eigenvalue weighted by molar-refractivity contribution is 5.58. The highest BCUT2D eigenvalue weighted by Crippen LogP contribution is 2.21. The fraction of sp³-hybridized carbons (Fsp3) is 0.500. The fourth-order valence-electron chi connectivity index (χ4n) is 3.07. The molecule has 1 aliphatic rings. The Kier molecular flexibility index (Phi) is 4.39. The summed E-state index contributed by atoms with van der Waals surface area (Å²) in [5.74, 6) is 2.55. The molecule has 3 heteroatoms. The summed E-state index contributed by atoms with van der Waals surface area (Å²) < 4.78 is 0. The monoisotopic (exact) mass is 283 g/mol. The largest absolute Gasteiger partial charge is 0.342 e. The second kappa shape index (κ2) is 6.44. The third-order valence-corrected chi connectivity index (χ3v) is 4.18.